The van der Waals surface area contributed by atoms with E-state index < -0.39 is 6.10 Å². The average Bonchev–Trinajstić information content (AvgIpc) is 2.62. The Morgan fingerprint density at radius 3 is 2.54 bits per heavy atom. The van der Waals surface area contributed by atoms with Gasteiger partial charge in [-0.1, -0.05) is 31.2 Å². The number of hydrogen-bond acceptors (Lipinski definition) is 3. The summed E-state index contributed by atoms with van der Waals surface area (Å²) < 4.78 is 11.7. The fraction of sp³-hybridized carbons (Fsp3) is 0.409. The van der Waals surface area contributed by atoms with Crippen LogP contribution in [-0.2, 0) is 4.79 Å². The number of nitrogens with one attached hydrogen (secondary N) is 1. The van der Waals surface area contributed by atoms with Gasteiger partial charge in [-0.05, 0) is 68.5 Å². The number of hydrogen-bond donors (Lipinski definition) is 1. The van der Waals surface area contributed by atoms with Gasteiger partial charge in [0.15, 0.2) is 6.10 Å². The predicted molar refractivity (Wildman–Crippen MR) is 105 cm³/mol. The summed E-state index contributed by atoms with van der Waals surface area (Å²) in [7, 11) is 0. The maximum Gasteiger partial charge on any atom is 0.261 e. The molecule has 26 heavy (non-hydrogen) atoms. The highest BCUT2D eigenvalue weighted by atomic mass is 16.5. The molecule has 140 valence electrons. The molecule has 0 radical (unpaired) electrons. The van der Waals surface area contributed by atoms with Crippen molar-refractivity contribution in [3.63, 3.8) is 0 Å². The molecule has 0 fully saturated rings. The van der Waals surface area contributed by atoms with Gasteiger partial charge < -0.3 is 14.8 Å². The quantitative estimate of drug-likeness (QED) is 0.719. The van der Waals surface area contributed by atoms with Crippen LogP contribution in [0, 0.1) is 27.7 Å². The third kappa shape index (κ3) is 5.25. The van der Waals surface area contributed by atoms with Crippen molar-refractivity contribution >= 4 is 5.91 Å². The molecular formula is C22H29NO3. The molecule has 0 spiro atoms. The summed E-state index contributed by atoms with van der Waals surface area (Å²) in [4.78, 5) is 12.4. The lowest BCUT2D eigenvalue weighted by molar-refractivity contribution is -0.128. The maximum absolute atomic E-state index is 12.4. The van der Waals surface area contributed by atoms with E-state index in [9.17, 15) is 4.79 Å². The summed E-state index contributed by atoms with van der Waals surface area (Å²) in [6, 6.07) is 12.0. The number of carbonyl (C=O) groups is 1. The molecule has 0 aliphatic heterocycles. The first-order chi connectivity index (χ1) is 12.4. The van der Waals surface area contributed by atoms with Gasteiger partial charge in [0, 0.05) is 0 Å². The summed E-state index contributed by atoms with van der Waals surface area (Å²) in [6.07, 6.45) is 0.105. The highest BCUT2D eigenvalue weighted by Crippen LogP contribution is 2.22. The zero-order valence-corrected chi connectivity index (χ0v) is 16.4. The normalized spacial score (nSPS) is 11.7. The van der Waals surface area contributed by atoms with E-state index in [1.54, 1.807) is 0 Å². The van der Waals surface area contributed by atoms with Crippen molar-refractivity contribution in [2.45, 2.75) is 47.1 Å². The Labute approximate surface area is 156 Å². The van der Waals surface area contributed by atoms with Crippen LogP contribution in [-0.4, -0.2) is 25.2 Å². The lowest BCUT2D eigenvalue weighted by Crippen LogP contribution is -2.39. The molecule has 1 unspecified atom stereocenters. The van der Waals surface area contributed by atoms with Gasteiger partial charge in [-0.3, -0.25) is 4.79 Å². The first-order valence-electron chi connectivity index (χ1n) is 9.13. The van der Waals surface area contributed by atoms with Gasteiger partial charge in [-0.2, -0.15) is 0 Å². The highest BCUT2D eigenvalue weighted by Gasteiger charge is 2.19. The molecule has 1 amide bonds. The molecule has 0 aliphatic rings. The Hall–Kier alpha value is -2.49. The lowest BCUT2D eigenvalue weighted by Gasteiger charge is -2.19. The number of benzene rings is 2. The third-order valence-electron chi connectivity index (χ3n) is 4.49. The summed E-state index contributed by atoms with van der Waals surface area (Å²) in [6.45, 7) is 10.9. The maximum atomic E-state index is 12.4. The third-order valence-corrected chi connectivity index (χ3v) is 4.49. The van der Waals surface area contributed by atoms with Gasteiger partial charge in [0.25, 0.3) is 5.91 Å². The SMILES string of the molecule is CCC(Oc1cccc(C)c1C)C(=O)NCCOc1cc(C)ccc1C. The van der Waals surface area contributed by atoms with Gasteiger partial charge in [0.1, 0.15) is 18.1 Å². The van der Waals surface area contributed by atoms with E-state index in [2.05, 4.69) is 11.4 Å². The topological polar surface area (TPSA) is 47.6 Å². The fourth-order valence-corrected chi connectivity index (χ4v) is 2.64. The van der Waals surface area contributed by atoms with Crippen molar-refractivity contribution in [1.82, 2.24) is 5.32 Å². The molecule has 0 aliphatic carbocycles. The molecule has 0 heterocycles. The van der Waals surface area contributed by atoms with Gasteiger partial charge in [-0.25, -0.2) is 0 Å². The molecule has 0 saturated carbocycles. The van der Waals surface area contributed by atoms with Crippen molar-refractivity contribution in [2.24, 2.45) is 0 Å². The Balaban J connectivity index is 1.85. The largest absolute Gasteiger partial charge is 0.491 e. The molecule has 0 saturated heterocycles. The van der Waals surface area contributed by atoms with E-state index in [1.165, 1.54) is 0 Å². The summed E-state index contributed by atoms with van der Waals surface area (Å²) in [5.41, 5.74) is 4.46. The molecule has 0 bridgehead atoms. The van der Waals surface area contributed by atoms with Crippen molar-refractivity contribution in [3.8, 4) is 11.5 Å². The zero-order chi connectivity index (χ0) is 19.1. The number of ether oxygens (including phenoxy) is 2. The fourth-order valence-electron chi connectivity index (χ4n) is 2.64. The lowest BCUT2D eigenvalue weighted by atomic mass is 10.1. The number of carbonyl (C=O) groups excluding carboxylic acids is 1. The summed E-state index contributed by atoms with van der Waals surface area (Å²) in [5, 5.41) is 2.90. The van der Waals surface area contributed by atoms with Crippen LogP contribution in [0.2, 0.25) is 0 Å². The standard InChI is InChI=1S/C22H29NO3/c1-6-19(26-20-9-7-8-16(3)18(20)5)22(24)23-12-13-25-21-14-15(2)10-11-17(21)4/h7-11,14,19H,6,12-13H2,1-5H3,(H,23,24). The minimum Gasteiger partial charge on any atom is -0.491 e. The van der Waals surface area contributed by atoms with Gasteiger partial charge >= 0.3 is 0 Å². The average molecular weight is 355 g/mol. The second-order valence-electron chi connectivity index (χ2n) is 6.62. The summed E-state index contributed by atoms with van der Waals surface area (Å²) in [5.74, 6) is 1.51. The van der Waals surface area contributed by atoms with Crippen LogP contribution in [0.1, 0.15) is 35.6 Å². The van der Waals surface area contributed by atoms with E-state index in [1.807, 2.05) is 65.0 Å². The van der Waals surface area contributed by atoms with E-state index in [0.29, 0.717) is 19.6 Å². The van der Waals surface area contributed by atoms with Crippen LogP contribution in [0.25, 0.3) is 0 Å². The molecule has 2 aromatic rings. The van der Waals surface area contributed by atoms with Crippen molar-refractivity contribution < 1.29 is 14.3 Å². The Bertz CT molecular complexity index is 755. The van der Waals surface area contributed by atoms with Crippen LogP contribution >= 0.6 is 0 Å². The Morgan fingerprint density at radius 2 is 1.81 bits per heavy atom. The number of aryl methyl sites for hydroxylation is 3. The molecule has 2 aromatic carbocycles. The van der Waals surface area contributed by atoms with Crippen LogP contribution < -0.4 is 14.8 Å². The van der Waals surface area contributed by atoms with E-state index in [-0.39, 0.29) is 5.91 Å². The monoisotopic (exact) mass is 355 g/mol. The molecule has 1 atom stereocenters. The predicted octanol–water partition coefficient (Wildman–Crippen LogP) is 4.27. The van der Waals surface area contributed by atoms with Crippen LogP contribution in [0.4, 0.5) is 0 Å². The number of rotatable bonds is 8. The number of amides is 1. The minimum atomic E-state index is -0.504. The Kier molecular flexibility index (Phi) is 7.07. The van der Waals surface area contributed by atoms with Crippen molar-refractivity contribution in [2.75, 3.05) is 13.2 Å². The van der Waals surface area contributed by atoms with Crippen molar-refractivity contribution in [3.05, 3.63) is 58.7 Å². The molecule has 2 rings (SSSR count). The second-order valence-corrected chi connectivity index (χ2v) is 6.62. The van der Waals surface area contributed by atoms with E-state index in [0.717, 1.165) is 33.8 Å². The van der Waals surface area contributed by atoms with Crippen molar-refractivity contribution in [1.29, 1.82) is 0 Å². The smallest absolute Gasteiger partial charge is 0.261 e. The van der Waals surface area contributed by atoms with Crippen LogP contribution in [0.3, 0.4) is 0 Å². The minimum absolute atomic E-state index is 0.113. The zero-order valence-electron chi connectivity index (χ0n) is 16.4. The molecule has 0 aromatic heterocycles. The first-order valence-corrected chi connectivity index (χ1v) is 9.13. The highest BCUT2D eigenvalue weighted by molar-refractivity contribution is 5.81. The Morgan fingerprint density at radius 1 is 1.04 bits per heavy atom. The van der Waals surface area contributed by atoms with Gasteiger partial charge in [0.2, 0.25) is 0 Å². The molecular weight excluding hydrogens is 326 g/mol. The molecule has 1 N–H and O–H groups in total. The first kappa shape index (κ1) is 19.8. The molecule has 4 heteroatoms. The van der Waals surface area contributed by atoms with Gasteiger partial charge in [0.05, 0.1) is 6.54 Å². The second kappa shape index (κ2) is 9.27. The van der Waals surface area contributed by atoms with E-state index in [4.69, 9.17) is 9.47 Å². The summed E-state index contributed by atoms with van der Waals surface area (Å²) >= 11 is 0. The van der Waals surface area contributed by atoms with Crippen LogP contribution in [0.15, 0.2) is 36.4 Å². The molecule has 4 nitrogen and oxygen atoms in total. The van der Waals surface area contributed by atoms with Crippen LogP contribution in [0.5, 0.6) is 11.5 Å². The van der Waals surface area contributed by atoms with Gasteiger partial charge in [-0.15, -0.1) is 0 Å². The van der Waals surface area contributed by atoms with E-state index >= 15 is 0 Å².